The number of anilines is 1. The number of nitrogens with one attached hydrogen (secondary N) is 1. The standard InChI is InChI=1S/C15H19N3O4S/c1-10(2)22-15(19)12-5-7-13(8-6-12)17-23(20,21)14-9-18(4)16-11(14)3/h5-10,17H,1-4H3. The van der Waals surface area contributed by atoms with Crippen molar-refractivity contribution in [2.45, 2.75) is 31.8 Å². The summed E-state index contributed by atoms with van der Waals surface area (Å²) in [6.45, 7) is 5.15. The van der Waals surface area contributed by atoms with Crippen LogP contribution in [0.25, 0.3) is 0 Å². The van der Waals surface area contributed by atoms with Gasteiger partial charge in [0, 0.05) is 18.9 Å². The normalized spacial score (nSPS) is 11.5. The van der Waals surface area contributed by atoms with Gasteiger partial charge >= 0.3 is 5.97 Å². The lowest BCUT2D eigenvalue weighted by molar-refractivity contribution is 0.0378. The SMILES string of the molecule is Cc1nn(C)cc1S(=O)(=O)Nc1ccc(C(=O)OC(C)C)cc1. The van der Waals surface area contributed by atoms with Gasteiger partial charge in [-0.15, -0.1) is 0 Å². The number of benzene rings is 1. The van der Waals surface area contributed by atoms with Crippen LogP contribution in [0.5, 0.6) is 0 Å². The summed E-state index contributed by atoms with van der Waals surface area (Å²) in [6.07, 6.45) is 1.22. The van der Waals surface area contributed by atoms with Gasteiger partial charge in [-0.05, 0) is 45.0 Å². The lowest BCUT2D eigenvalue weighted by Gasteiger charge is -2.09. The first-order valence-corrected chi connectivity index (χ1v) is 8.51. The molecule has 2 aromatic rings. The minimum atomic E-state index is -3.72. The fraction of sp³-hybridized carbons (Fsp3) is 0.333. The molecule has 1 aromatic carbocycles. The van der Waals surface area contributed by atoms with Crippen LogP contribution in [-0.4, -0.2) is 30.3 Å². The molecule has 0 aliphatic heterocycles. The minimum absolute atomic E-state index is 0.114. The van der Waals surface area contributed by atoms with E-state index in [2.05, 4.69) is 9.82 Å². The monoisotopic (exact) mass is 337 g/mol. The van der Waals surface area contributed by atoms with E-state index in [0.29, 0.717) is 16.9 Å². The molecule has 0 amide bonds. The third-order valence-corrected chi connectivity index (χ3v) is 4.46. The molecule has 1 N–H and O–H groups in total. The Morgan fingerprint density at radius 1 is 1.26 bits per heavy atom. The van der Waals surface area contributed by atoms with Gasteiger partial charge in [0.05, 0.1) is 17.4 Å². The van der Waals surface area contributed by atoms with E-state index >= 15 is 0 Å². The number of hydrogen-bond acceptors (Lipinski definition) is 5. The zero-order valence-corrected chi connectivity index (χ0v) is 14.2. The molecule has 2 rings (SSSR count). The molecule has 0 aliphatic rings. The van der Waals surface area contributed by atoms with Crippen molar-refractivity contribution >= 4 is 21.7 Å². The van der Waals surface area contributed by atoms with E-state index in [1.807, 2.05) is 0 Å². The van der Waals surface area contributed by atoms with Crippen molar-refractivity contribution in [2.24, 2.45) is 7.05 Å². The molecule has 124 valence electrons. The number of rotatable bonds is 5. The number of sulfonamides is 1. The average Bonchev–Trinajstić information content (AvgIpc) is 2.78. The fourth-order valence-electron chi connectivity index (χ4n) is 2.01. The van der Waals surface area contributed by atoms with Gasteiger partial charge < -0.3 is 4.74 Å². The Bertz CT molecular complexity index is 808. The second-order valence-corrected chi connectivity index (χ2v) is 7.04. The third-order valence-electron chi connectivity index (χ3n) is 2.97. The number of esters is 1. The number of ether oxygens (including phenoxy) is 1. The second kappa shape index (κ2) is 6.41. The molecule has 8 heteroatoms. The molecule has 0 aliphatic carbocycles. The number of carbonyl (C=O) groups excluding carboxylic acids is 1. The van der Waals surface area contributed by atoms with Crippen molar-refractivity contribution in [2.75, 3.05) is 4.72 Å². The largest absolute Gasteiger partial charge is 0.459 e. The van der Waals surface area contributed by atoms with Crippen LogP contribution in [-0.2, 0) is 21.8 Å². The highest BCUT2D eigenvalue weighted by atomic mass is 32.2. The first-order chi connectivity index (χ1) is 10.7. The van der Waals surface area contributed by atoms with Gasteiger partial charge in [-0.3, -0.25) is 9.40 Å². The molecule has 0 unspecified atom stereocenters. The zero-order valence-electron chi connectivity index (χ0n) is 13.4. The van der Waals surface area contributed by atoms with E-state index in [9.17, 15) is 13.2 Å². The van der Waals surface area contributed by atoms with E-state index in [1.54, 1.807) is 27.8 Å². The van der Waals surface area contributed by atoms with Gasteiger partial charge in [0.15, 0.2) is 0 Å². The molecule has 0 saturated heterocycles. The highest BCUT2D eigenvalue weighted by molar-refractivity contribution is 7.92. The molecule has 23 heavy (non-hydrogen) atoms. The van der Waals surface area contributed by atoms with Crippen LogP contribution in [0.3, 0.4) is 0 Å². The van der Waals surface area contributed by atoms with Crippen molar-refractivity contribution in [3.8, 4) is 0 Å². The van der Waals surface area contributed by atoms with Gasteiger partial charge in [-0.2, -0.15) is 5.10 Å². The Balaban J connectivity index is 2.17. The summed E-state index contributed by atoms with van der Waals surface area (Å²) in [5.41, 5.74) is 1.13. The smallest absolute Gasteiger partial charge is 0.338 e. The van der Waals surface area contributed by atoms with E-state index in [0.717, 1.165) is 0 Å². The maximum atomic E-state index is 12.3. The number of carbonyl (C=O) groups is 1. The third kappa shape index (κ3) is 4.10. The van der Waals surface area contributed by atoms with Gasteiger partial charge in [-0.25, -0.2) is 13.2 Å². The fourth-order valence-corrected chi connectivity index (χ4v) is 3.29. The Morgan fingerprint density at radius 2 is 1.87 bits per heavy atom. The van der Waals surface area contributed by atoms with Gasteiger partial charge in [0.1, 0.15) is 4.90 Å². The highest BCUT2D eigenvalue weighted by Crippen LogP contribution is 2.19. The number of hydrogen-bond donors (Lipinski definition) is 1. The summed E-state index contributed by atoms with van der Waals surface area (Å²) in [7, 11) is -2.07. The van der Waals surface area contributed by atoms with Gasteiger partial charge in [-0.1, -0.05) is 0 Å². The number of nitrogens with zero attached hydrogens (tertiary/aromatic N) is 2. The summed E-state index contributed by atoms with van der Waals surface area (Å²) in [4.78, 5) is 11.9. The van der Waals surface area contributed by atoms with E-state index in [1.165, 1.54) is 35.1 Å². The van der Waals surface area contributed by atoms with E-state index in [-0.39, 0.29) is 11.0 Å². The summed E-state index contributed by atoms with van der Waals surface area (Å²) in [5, 5.41) is 4.02. The van der Waals surface area contributed by atoms with Gasteiger partial charge in [0.25, 0.3) is 10.0 Å². The van der Waals surface area contributed by atoms with Crippen LogP contribution in [0.4, 0.5) is 5.69 Å². The molecule has 1 aromatic heterocycles. The quantitative estimate of drug-likeness (QED) is 0.844. The van der Waals surface area contributed by atoms with Crippen molar-refractivity contribution in [3.63, 3.8) is 0 Å². The van der Waals surface area contributed by atoms with Crippen LogP contribution >= 0.6 is 0 Å². The molecule has 0 spiro atoms. The van der Waals surface area contributed by atoms with Crippen molar-refractivity contribution in [1.82, 2.24) is 9.78 Å². The van der Waals surface area contributed by atoms with Crippen LogP contribution < -0.4 is 4.72 Å². The lowest BCUT2D eigenvalue weighted by Crippen LogP contribution is -2.14. The predicted molar refractivity (Wildman–Crippen MR) is 85.7 cm³/mol. The summed E-state index contributed by atoms with van der Waals surface area (Å²) in [5.74, 6) is -0.447. The summed E-state index contributed by atoms with van der Waals surface area (Å²) < 4.78 is 33.7. The lowest BCUT2D eigenvalue weighted by atomic mass is 10.2. The summed E-state index contributed by atoms with van der Waals surface area (Å²) in [6, 6.07) is 6.05. The second-order valence-electron chi connectivity index (χ2n) is 5.39. The molecule has 1 heterocycles. The summed E-state index contributed by atoms with van der Waals surface area (Å²) >= 11 is 0. The Morgan fingerprint density at radius 3 is 2.35 bits per heavy atom. The van der Waals surface area contributed by atoms with Crippen molar-refractivity contribution < 1.29 is 17.9 Å². The first kappa shape index (κ1) is 17.0. The molecule has 0 bridgehead atoms. The molecule has 0 atom stereocenters. The maximum absolute atomic E-state index is 12.3. The van der Waals surface area contributed by atoms with E-state index in [4.69, 9.17) is 4.74 Å². The van der Waals surface area contributed by atoms with Crippen LogP contribution in [0.1, 0.15) is 29.9 Å². The molecular formula is C15H19N3O4S. The predicted octanol–water partition coefficient (Wildman–Crippen LogP) is 2.09. The molecule has 0 fully saturated rings. The molecule has 7 nitrogen and oxygen atoms in total. The Hall–Kier alpha value is -2.35. The minimum Gasteiger partial charge on any atom is -0.459 e. The van der Waals surface area contributed by atoms with Crippen LogP contribution in [0.15, 0.2) is 35.4 Å². The van der Waals surface area contributed by atoms with Crippen molar-refractivity contribution in [1.29, 1.82) is 0 Å². The first-order valence-electron chi connectivity index (χ1n) is 7.03. The average molecular weight is 337 g/mol. The Labute approximate surface area is 135 Å². The topological polar surface area (TPSA) is 90.3 Å². The number of aryl methyl sites for hydroxylation is 2. The van der Waals surface area contributed by atoms with Crippen LogP contribution in [0, 0.1) is 6.92 Å². The number of aromatic nitrogens is 2. The maximum Gasteiger partial charge on any atom is 0.338 e. The molecule has 0 saturated carbocycles. The Kier molecular flexibility index (Phi) is 4.74. The van der Waals surface area contributed by atoms with E-state index < -0.39 is 16.0 Å². The van der Waals surface area contributed by atoms with Gasteiger partial charge in [0.2, 0.25) is 0 Å². The zero-order chi connectivity index (χ0) is 17.2. The molecule has 0 radical (unpaired) electrons. The highest BCUT2D eigenvalue weighted by Gasteiger charge is 2.20. The van der Waals surface area contributed by atoms with Crippen molar-refractivity contribution in [3.05, 3.63) is 41.7 Å². The molecular weight excluding hydrogens is 318 g/mol. The van der Waals surface area contributed by atoms with Crippen LogP contribution in [0.2, 0.25) is 0 Å².